The second-order valence-electron chi connectivity index (χ2n) is 8.86. The summed E-state index contributed by atoms with van der Waals surface area (Å²) in [5.74, 6) is 0.621. The van der Waals surface area contributed by atoms with Crippen molar-refractivity contribution >= 4 is 45.8 Å². The fraction of sp³-hybridized carbons (Fsp3) is 0.286. The largest absolute Gasteiger partial charge is 0.496 e. The Morgan fingerprint density at radius 1 is 1.08 bits per heavy atom. The number of carbonyl (C=O) groups excluding carboxylic acids is 2. The minimum absolute atomic E-state index is 0.0905. The first-order valence-corrected chi connectivity index (χ1v) is 14.3. The number of nitrogens with one attached hydrogen (secondary N) is 1. The van der Waals surface area contributed by atoms with E-state index in [0.29, 0.717) is 36.8 Å². The first-order valence-electron chi connectivity index (χ1n) is 12.2. The number of pyridine rings is 1. The SMILES string of the molecule is COc1cc(C(=O)N2CCC(c3nc(C(=O)NCc4ccccc4SC)cs3)CC2)nc2ccccc12. The fourth-order valence-electron chi connectivity index (χ4n) is 4.61. The van der Waals surface area contributed by atoms with Crippen LogP contribution in [0.4, 0.5) is 0 Å². The lowest BCUT2D eigenvalue weighted by Crippen LogP contribution is -2.38. The summed E-state index contributed by atoms with van der Waals surface area (Å²) in [6.45, 7) is 1.70. The molecule has 1 N–H and O–H groups in total. The van der Waals surface area contributed by atoms with Gasteiger partial charge in [-0.1, -0.05) is 30.3 Å². The maximum absolute atomic E-state index is 13.2. The molecule has 0 spiro atoms. The fourth-order valence-corrected chi connectivity index (χ4v) is 6.20. The highest BCUT2D eigenvalue weighted by atomic mass is 32.2. The van der Waals surface area contributed by atoms with Crippen LogP contribution in [0.3, 0.4) is 0 Å². The molecule has 2 aromatic carbocycles. The van der Waals surface area contributed by atoms with E-state index >= 15 is 0 Å². The van der Waals surface area contributed by atoms with Crippen LogP contribution in [0.5, 0.6) is 5.75 Å². The summed E-state index contributed by atoms with van der Waals surface area (Å²) in [5, 5.41) is 6.66. The van der Waals surface area contributed by atoms with Crippen molar-refractivity contribution in [2.75, 3.05) is 26.5 Å². The van der Waals surface area contributed by atoms with Crippen molar-refractivity contribution in [3.63, 3.8) is 0 Å². The number of para-hydroxylation sites is 1. The van der Waals surface area contributed by atoms with Gasteiger partial charge in [0.05, 0.1) is 17.6 Å². The minimum Gasteiger partial charge on any atom is -0.496 e. The predicted octanol–water partition coefficient (Wildman–Crippen LogP) is 5.37. The standard InChI is InChI=1S/C28H28N4O3S2/c1-35-24-15-22(30-21-9-5-4-8-20(21)24)28(34)32-13-11-18(12-14-32)27-31-23(17-37-27)26(33)29-16-19-7-3-6-10-25(19)36-2/h3-10,15,17-18H,11-14,16H2,1-2H3,(H,29,33). The van der Waals surface area contributed by atoms with Crippen LogP contribution >= 0.6 is 23.1 Å². The van der Waals surface area contributed by atoms with Crippen molar-refractivity contribution < 1.29 is 14.3 Å². The third kappa shape index (κ3) is 5.47. The number of carbonyl (C=O) groups is 2. The van der Waals surface area contributed by atoms with Gasteiger partial charge < -0.3 is 15.0 Å². The number of aromatic nitrogens is 2. The van der Waals surface area contributed by atoms with Crippen molar-refractivity contribution in [2.24, 2.45) is 0 Å². The van der Waals surface area contributed by atoms with Crippen molar-refractivity contribution in [2.45, 2.75) is 30.2 Å². The van der Waals surface area contributed by atoms with E-state index in [0.717, 1.165) is 39.2 Å². The molecule has 2 amide bonds. The molecule has 2 aromatic heterocycles. The average Bonchev–Trinajstić information content (AvgIpc) is 3.45. The lowest BCUT2D eigenvalue weighted by Gasteiger charge is -2.31. The molecule has 3 heterocycles. The Morgan fingerprint density at radius 3 is 2.62 bits per heavy atom. The number of fused-ring (bicyclic) bond motifs is 1. The monoisotopic (exact) mass is 532 g/mol. The number of likely N-dealkylation sites (tertiary alicyclic amines) is 1. The third-order valence-electron chi connectivity index (χ3n) is 6.64. The molecule has 0 unspecified atom stereocenters. The maximum atomic E-state index is 13.2. The van der Waals surface area contributed by atoms with E-state index < -0.39 is 0 Å². The number of piperidine rings is 1. The zero-order valence-electron chi connectivity index (χ0n) is 20.8. The van der Waals surface area contributed by atoms with Gasteiger partial charge in [-0.05, 0) is 42.9 Å². The molecule has 4 aromatic rings. The molecule has 1 fully saturated rings. The Bertz CT molecular complexity index is 1430. The number of ether oxygens (including phenoxy) is 1. The van der Waals surface area contributed by atoms with Gasteiger partial charge in [-0.15, -0.1) is 23.1 Å². The van der Waals surface area contributed by atoms with E-state index in [-0.39, 0.29) is 17.7 Å². The zero-order valence-corrected chi connectivity index (χ0v) is 22.4. The lowest BCUT2D eigenvalue weighted by atomic mass is 9.97. The summed E-state index contributed by atoms with van der Waals surface area (Å²) in [4.78, 5) is 38.2. The Labute approximate surface area is 224 Å². The van der Waals surface area contributed by atoms with Crippen molar-refractivity contribution in [1.29, 1.82) is 0 Å². The van der Waals surface area contributed by atoms with Crippen molar-refractivity contribution in [3.05, 3.63) is 81.9 Å². The van der Waals surface area contributed by atoms with Crippen LogP contribution in [-0.4, -0.2) is 53.1 Å². The van der Waals surface area contributed by atoms with E-state index in [1.807, 2.05) is 59.0 Å². The predicted molar refractivity (Wildman–Crippen MR) is 148 cm³/mol. The number of rotatable bonds is 7. The van der Waals surface area contributed by atoms with Gasteiger partial charge in [0.1, 0.15) is 17.1 Å². The van der Waals surface area contributed by atoms with Crippen LogP contribution in [0, 0.1) is 0 Å². The van der Waals surface area contributed by atoms with Crippen LogP contribution in [0.25, 0.3) is 10.9 Å². The molecular formula is C28H28N4O3S2. The number of thiazole rings is 1. The normalized spacial score (nSPS) is 14.1. The van der Waals surface area contributed by atoms with E-state index in [1.54, 1.807) is 24.9 Å². The number of thioether (sulfide) groups is 1. The summed E-state index contributed by atoms with van der Waals surface area (Å²) in [6, 6.07) is 17.4. The molecule has 190 valence electrons. The number of nitrogens with zero attached hydrogens (tertiary/aromatic N) is 3. The van der Waals surface area contributed by atoms with E-state index in [9.17, 15) is 9.59 Å². The van der Waals surface area contributed by atoms with Crippen LogP contribution in [-0.2, 0) is 6.54 Å². The number of methoxy groups -OCH3 is 1. The zero-order chi connectivity index (χ0) is 25.8. The Hall–Kier alpha value is -3.43. The summed E-state index contributed by atoms with van der Waals surface area (Å²) in [7, 11) is 1.60. The van der Waals surface area contributed by atoms with Gasteiger partial charge in [-0.3, -0.25) is 9.59 Å². The number of amides is 2. The molecule has 9 heteroatoms. The molecular weight excluding hydrogens is 504 g/mol. The molecule has 7 nitrogen and oxygen atoms in total. The molecule has 5 rings (SSSR count). The maximum Gasteiger partial charge on any atom is 0.272 e. The van der Waals surface area contributed by atoms with Crippen LogP contribution in [0.2, 0.25) is 0 Å². The molecule has 37 heavy (non-hydrogen) atoms. The first kappa shape index (κ1) is 25.2. The smallest absolute Gasteiger partial charge is 0.272 e. The molecule has 0 atom stereocenters. The molecule has 1 aliphatic heterocycles. The molecule has 1 saturated heterocycles. The van der Waals surface area contributed by atoms with Crippen LogP contribution in [0.15, 0.2) is 64.9 Å². The minimum atomic E-state index is -0.164. The quantitative estimate of drug-likeness (QED) is 0.322. The van der Waals surface area contributed by atoms with Crippen LogP contribution in [0.1, 0.15) is 50.3 Å². The Balaban J connectivity index is 1.19. The van der Waals surface area contributed by atoms with Gasteiger partial charge in [-0.25, -0.2) is 9.97 Å². The van der Waals surface area contributed by atoms with Gasteiger partial charge >= 0.3 is 0 Å². The molecule has 0 aliphatic carbocycles. The number of benzene rings is 2. The number of hydrogen-bond acceptors (Lipinski definition) is 7. The van der Waals surface area contributed by atoms with Gasteiger partial charge in [0.2, 0.25) is 0 Å². The second-order valence-corrected chi connectivity index (χ2v) is 10.6. The summed E-state index contributed by atoms with van der Waals surface area (Å²) in [5.41, 5.74) is 2.68. The van der Waals surface area contributed by atoms with Gasteiger partial charge in [-0.2, -0.15) is 0 Å². The van der Waals surface area contributed by atoms with E-state index in [2.05, 4.69) is 21.4 Å². The summed E-state index contributed by atoms with van der Waals surface area (Å²) >= 11 is 3.18. The highest BCUT2D eigenvalue weighted by Gasteiger charge is 2.28. The Kier molecular flexibility index (Phi) is 7.71. The molecule has 0 saturated carbocycles. The highest BCUT2D eigenvalue weighted by molar-refractivity contribution is 7.98. The lowest BCUT2D eigenvalue weighted by molar-refractivity contribution is 0.0707. The van der Waals surface area contributed by atoms with E-state index in [1.165, 1.54) is 11.3 Å². The second kappa shape index (κ2) is 11.3. The van der Waals surface area contributed by atoms with Gasteiger partial charge in [0.15, 0.2) is 0 Å². The average molecular weight is 533 g/mol. The summed E-state index contributed by atoms with van der Waals surface area (Å²) < 4.78 is 5.50. The molecule has 0 radical (unpaired) electrons. The van der Waals surface area contributed by atoms with Crippen molar-refractivity contribution in [1.82, 2.24) is 20.2 Å². The molecule has 0 bridgehead atoms. The van der Waals surface area contributed by atoms with E-state index in [4.69, 9.17) is 4.74 Å². The molecule has 1 aliphatic rings. The highest BCUT2D eigenvalue weighted by Crippen LogP contribution is 2.32. The summed E-state index contributed by atoms with van der Waals surface area (Å²) in [6.07, 6.45) is 3.62. The van der Waals surface area contributed by atoms with Gasteiger partial charge in [0.25, 0.3) is 11.8 Å². The van der Waals surface area contributed by atoms with Gasteiger partial charge in [0, 0.05) is 47.3 Å². The van der Waals surface area contributed by atoms with Crippen molar-refractivity contribution in [3.8, 4) is 5.75 Å². The number of hydrogen-bond donors (Lipinski definition) is 1. The van der Waals surface area contributed by atoms with Crippen LogP contribution < -0.4 is 10.1 Å². The third-order valence-corrected chi connectivity index (χ3v) is 8.48. The Morgan fingerprint density at radius 2 is 1.84 bits per heavy atom. The first-order chi connectivity index (χ1) is 18.1. The topological polar surface area (TPSA) is 84.4 Å².